The lowest BCUT2D eigenvalue weighted by Gasteiger charge is -2.46. The predicted octanol–water partition coefficient (Wildman–Crippen LogP) is 1.89. The third kappa shape index (κ3) is 5.23. The van der Waals surface area contributed by atoms with Crippen LogP contribution in [-0.2, 0) is 14.3 Å². The zero-order valence-corrected chi connectivity index (χ0v) is 17.3. The van der Waals surface area contributed by atoms with E-state index in [1.807, 2.05) is 24.3 Å². The molecule has 2 saturated heterocycles. The van der Waals surface area contributed by atoms with E-state index in [0.29, 0.717) is 18.9 Å². The highest BCUT2D eigenvalue weighted by atomic mass is 16.5. The summed E-state index contributed by atoms with van der Waals surface area (Å²) in [6.07, 6.45) is 1.56. The monoisotopic (exact) mass is 388 g/mol. The lowest BCUT2D eigenvalue weighted by atomic mass is 9.79. The number of ether oxygens (including phenoxy) is 1. The number of morpholine rings is 1. The second-order valence-electron chi connectivity index (χ2n) is 9.04. The molecule has 3 rings (SSSR count). The molecule has 0 radical (unpaired) electrons. The summed E-state index contributed by atoms with van der Waals surface area (Å²) in [7, 11) is 0. The van der Waals surface area contributed by atoms with Gasteiger partial charge in [0, 0.05) is 30.2 Å². The lowest BCUT2D eigenvalue weighted by molar-refractivity contribution is -0.137. The normalized spacial score (nSPS) is 21.8. The third-order valence-electron chi connectivity index (χ3n) is 5.24. The summed E-state index contributed by atoms with van der Waals surface area (Å²) in [6, 6.07) is 7.53. The minimum atomic E-state index is -0.630. The van der Waals surface area contributed by atoms with Crippen LogP contribution in [0.1, 0.15) is 40.5 Å². The number of nitrogens with one attached hydrogen (secondary N) is 3. The molecule has 28 heavy (non-hydrogen) atoms. The van der Waals surface area contributed by atoms with Gasteiger partial charge in [-0.25, -0.2) is 0 Å². The zero-order chi connectivity index (χ0) is 20.4. The second kappa shape index (κ2) is 8.09. The summed E-state index contributed by atoms with van der Waals surface area (Å²) < 4.78 is 5.40. The van der Waals surface area contributed by atoms with E-state index in [0.717, 1.165) is 31.6 Å². The summed E-state index contributed by atoms with van der Waals surface area (Å²) >= 11 is 0. The van der Waals surface area contributed by atoms with E-state index in [4.69, 9.17) is 4.74 Å². The van der Waals surface area contributed by atoms with Crippen molar-refractivity contribution in [2.45, 2.75) is 57.7 Å². The summed E-state index contributed by atoms with van der Waals surface area (Å²) in [5, 5.41) is 9.29. The van der Waals surface area contributed by atoms with Gasteiger partial charge < -0.3 is 25.6 Å². The molecule has 0 spiro atoms. The van der Waals surface area contributed by atoms with E-state index in [1.165, 1.54) is 0 Å². The number of rotatable bonds is 3. The van der Waals surface area contributed by atoms with Crippen molar-refractivity contribution in [3.8, 4) is 0 Å². The first-order chi connectivity index (χ1) is 13.2. The van der Waals surface area contributed by atoms with E-state index in [9.17, 15) is 9.59 Å². The number of anilines is 2. The number of hydrogen-bond donors (Lipinski definition) is 3. The number of hydrogen-bond acceptors (Lipinski definition) is 5. The molecule has 0 aliphatic carbocycles. The van der Waals surface area contributed by atoms with Crippen LogP contribution in [0.3, 0.4) is 0 Å². The van der Waals surface area contributed by atoms with Crippen LogP contribution in [0, 0.1) is 0 Å². The topological polar surface area (TPSA) is 82.7 Å². The summed E-state index contributed by atoms with van der Waals surface area (Å²) in [5.41, 5.74) is 1.37. The van der Waals surface area contributed by atoms with E-state index in [2.05, 4.69) is 48.5 Å². The molecule has 2 heterocycles. The maximum absolute atomic E-state index is 12.6. The fourth-order valence-corrected chi connectivity index (χ4v) is 4.51. The van der Waals surface area contributed by atoms with Crippen molar-refractivity contribution in [3.05, 3.63) is 24.3 Å². The van der Waals surface area contributed by atoms with Gasteiger partial charge in [-0.1, -0.05) is 12.1 Å². The SMILES string of the molecule is CC1(C)CC(NC(=O)C(=O)Nc2ccccc2N2CCOCC2)CC(C)(C)N1. The Morgan fingerprint density at radius 2 is 1.64 bits per heavy atom. The minimum Gasteiger partial charge on any atom is -0.378 e. The summed E-state index contributed by atoms with van der Waals surface area (Å²) in [5.74, 6) is -1.22. The van der Waals surface area contributed by atoms with Gasteiger partial charge in [0.1, 0.15) is 0 Å². The largest absolute Gasteiger partial charge is 0.378 e. The van der Waals surface area contributed by atoms with Crippen molar-refractivity contribution in [3.63, 3.8) is 0 Å². The number of carbonyl (C=O) groups excluding carboxylic acids is 2. The molecule has 0 atom stereocenters. The number of benzene rings is 1. The van der Waals surface area contributed by atoms with Crippen LogP contribution in [0.4, 0.5) is 11.4 Å². The quantitative estimate of drug-likeness (QED) is 0.689. The number of amides is 2. The fraction of sp³-hybridized carbons (Fsp3) is 0.619. The van der Waals surface area contributed by atoms with Gasteiger partial charge in [0.25, 0.3) is 0 Å². The molecule has 7 nitrogen and oxygen atoms in total. The highest BCUT2D eigenvalue weighted by Gasteiger charge is 2.38. The number of nitrogens with zero attached hydrogens (tertiary/aromatic N) is 1. The van der Waals surface area contributed by atoms with Gasteiger partial charge in [-0.2, -0.15) is 0 Å². The summed E-state index contributed by atoms with van der Waals surface area (Å²) in [4.78, 5) is 27.3. The Morgan fingerprint density at radius 1 is 1.04 bits per heavy atom. The van der Waals surface area contributed by atoms with Crippen molar-refractivity contribution in [2.24, 2.45) is 0 Å². The average Bonchev–Trinajstić information content (AvgIpc) is 2.60. The van der Waals surface area contributed by atoms with Gasteiger partial charge in [0.15, 0.2) is 0 Å². The highest BCUT2D eigenvalue weighted by Crippen LogP contribution is 2.29. The third-order valence-corrected chi connectivity index (χ3v) is 5.24. The van der Waals surface area contributed by atoms with Crippen molar-refractivity contribution < 1.29 is 14.3 Å². The molecular formula is C21H32N4O3. The molecule has 1 aromatic rings. The molecular weight excluding hydrogens is 356 g/mol. The predicted molar refractivity (Wildman–Crippen MR) is 111 cm³/mol. The molecule has 2 aliphatic heterocycles. The second-order valence-corrected chi connectivity index (χ2v) is 9.04. The van der Waals surface area contributed by atoms with Crippen LogP contribution >= 0.6 is 0 Å². The molecule has 2 aliphatic rings. The Bertz CT molecular complexity index is 710. The molecule has 0 bridgehead atoms. The first-order valence-corrected chi connectivity index (χ1v) is 9.98. The standard InChI is InChI=1S/C21H32N4O3/c1-20(2)13-15(14-21(3,4)24-20)22-18(26)19(27)23-16-7-5-6-8-17(16)25-9-11-28-12-10-25/h5-8,15,24H,9-14H2,1-4H3,(H,22,26)(H,23,27). The molecule has 0 saturated carbocycles. The van der Waals surface area contributed by atoms with Gasteiger partial charge in [0.05, 0.1) is 24.6 Å². The average molecular weight is 389 g/mol. The van der Waals surface area contributed by atoms with Crippen molar-refractivity contribution in [1.82, 2.24) is 10.6 Å². The molecule has 0 unspecified atom stereocenters. The van der Waals surface area contributed by atoms with Gasteiger partial charge in [-0.3, -0.25) is 9.59 Å². The van der Waals surface area contributed by atoms with Crippen molar-refractivity contribution in [1.29, 1.82) is 0 Å². The lowest BCUT2D eigenvalue weighted by Crippen LogP contribution is -2.62. The van der Waals surface area contributed by atoms with Crippen LogP contribution in [0.5, 0.6) is 0 Å². The van der Waals surface area contributed by atoms with Crippen LogP contribution in [0.2, 0.25) is 0 Å². The zero-order valence-electron chi connectivity index (χ0n) is 17.3. The Kier molecular flexibility index (Phi) is 5.95. The first kappa shape index (κ1) is 20.6. The fourth-order valence-electron chi connectivity index (χ4n) is 4.51. The number of piperidine rings is 1. The minimum absolute atomic E-state index is 0.0426. The number of carbonyl (C=O) groups is 2. The smallest absolute Gasteiger partial charge is 0.313 e. The first-order valence-electron chi connectivity index (χ1n) is 9.98. The molecule has 2 amide bonds. The van der Waals surface area contributed by atoms with Gasteiger partial charge >= 0.3 is 11.8 Å². The van der Waals surface area contributed by atoms with E-state index >= 15 is 0 Å². The molecule has 2 fully saturated rings. The summed E-state index contributed by atoms with van der Waals surface area (Å²) in [6.45, 7) is 11.3. The van der Waals surface area contributed by atoms with Gasteiger partial charge in [0.2, 0.25) is 0 Å². The van der Waals surface area contributed by atoms with Crippen molar-refractivity contribution in [2.75, 3.05) is 36.5 Å². The van der Waals surface area contributed by atoms with Crippen LogP contribution in [-0.4, -0.2) is 55.2 Å². The highest BCUT2D eigenvalue weighted by molar-refractivity contribution is 6.40. The molecule has 7 heteroatoms. The van der Waals surface area contributed by atoms with E-state index < -0.39 is 11.8 Å². The van der Waals surface area contributed by atoms with Crippen LogP contribution in [0.15, 0.2) is 24.3 Å². The van der Waals surface area contributed by atoms with E-state index in [-0.39, 0.29) is 17.1 Å². The number of para-hydroxylation sites is 2. The molecule has 1 aromatic carbocycles. The Hall–Kier alpha value is -2.12. The van der Waals surface area contributed by atoms with Crippen LogP contribution in [0.25, 0.3) is 0 Å². The van der Waals surface area contributed by atoms with E-state index in [1.54, 1.807) is 0 Å². The molecule has 0 aromatic heterocycles. The molecule has 154 valence electrons. The maximum Gasteiger partial charge on any atom is 0.313 e. The maximum atomic E-state index is 12.6. The van der Waals surface area contributed by atoms with Gasteiger partial charge in [-0.15, -0.1) is 0 Å². The van der Waals surface area contributed by atoms with Gasteiger partial charge in [-0.05, 0) is 52.7 Å². The Morgan fingerprint density at radius 3 is 2.29 bits per heavy atom. The Balaban J connectivity index is 1.64. The van der Waals surface area contributed by atoms with Crippen LogP contribution < -0.4 is 20.9 Å². The van der Waals surface area contributed by atoms with Crippen molar-refractivity contribution >= 4 is 23.2 Å². The Labute approximate surface area is 167 Å². The molecule has 3 N–H and O–H groups in total.